The van der Waals surface area contributed by atoms with Crippen LogP contribution in [0, 0.1) is 0 Å². The summed E-state index contributed by atoms with van der Waals surface area (Å²) in [5, 5.41) is 6.37. The Labute approximate surface area is 139 Å². The Hall–Kier alpha value is -0.970. The number of anilines is 1. The summed E-state index contributed by atoms with van der Waals surface area (Å²) in [6.45, 7) is 3.76. The molecule has 6 heteroatoms. The van der Waals surface area contributed by atoms with Crippen LogP contribution in [0.15, 0.2) is 18.2 Å². The Morgan fingerprint density at radius 2 is 2.10 bits per heavy atom. The quantitative estimate of drug-likeness (QED) is 0.890. The molecule has 0 saturated carbocycles. The number of benzene rings is 1. The third-order valence-electron chi connectivity index (χ3n) is 3.78. The molecule has 21 heavy (non-hydrogen) atoms. The summed E-state index contributed by atoms with van der Waals surface area (Å²) in [5.41, 5.74) is 3.08. The zero-order chi connectivity index (χ0) is 13.8. The van der Waals surface area contributed by atoms with Crippen LogP contribution >= 0.6 is 24.8 Å². The lowest BCUT2D eigenvalue weighted by Crippen LogP contribution is -2.38. The van der Waals surface area contributed by atoms with Crippen LogP contribution in [0.2, 0.25) is 0 Å². The van der Waals surface area contributed by atoms with Crippen LogP contribution in [0.4, 0.5) is 5.69 Å². The van der Waals surface area contributed by atoms with Crippen molar-refractivity contribution in [3.63, 3.8) is 0 Å². The molecule has 0 saturated heterocycles. The van der Waals surface area contributed by atoms with Gasteiger partial charge in [-0.25, -0.2) is 0 Å². The van der Waals surface area contributed by atoms with Crippen molar-refractivity contribution in [1.82, 2.24) is 10.2 Å². The molecule has 0 spiro atoms. The highest BCUT2D eigenvalue weighted by atomic mass is 35.5. The Bertz CT molecular complexity index is 466. The van der Waals surface area contributed by atoms with Crippen molar-refractivity contribution in [2.75, 3.05) is 32.5 Å². The third kappa shape index (κ3) is 5.06. The largest absolute Gasteiger partial charge is 0.385 e. The summed E-state index contributed by atoms with van der Waals surface area (Å²) < 4.78 is 0. The second kappa shape index (κ2) is 9.13. The van der Waals surface area contributed by atoms with Crippen LogP contribution in [0.1, 0.15) is 29.3 Å². The summed E-state index contributed by atoms with van der Waals surface area (Å²) in [5.74, 6) is 0.0363. The van der Waals surface area contributed by atoms with E-state index >= 15 is 0 Å². The van der Waals surface area contributed by atoms with E-state index in [-0.39, 0.29) is 30.7 Å². The first-order valence-electron chi connectivity index (χ1n) is 6.90. The van der Waals surface area contributed by atoms with Gasteiger partial charge in [-0.3, -0.25) is 4.79 Å². The van der Waals surface area contributed by atoms with Gasteiger partial charge in [-0.05, 0) is 51.6 Å². The van der Waals surface area contributed by atoms with Gasteiger partial charge in [0.15, 0.2) is 0 Å². The fourth-order valence-corrected chi connectivity index (χ4v) is 2.24. The van der Waals surface area contributed by atoms with Crippen LogP contribution in [-0.2, 0) is 6.42 Å². The minimum absolute atomic E-state index is 0. The standard InChI is InChI=1S/C15H23N3O.2ClH/c1-11(18(2)3)10-17-15(19)13-6-4-8-14-12(13)7-5-9-16-14;;/h4,6,8,11,16H,5,7,9-10H2,1-3H3,(H,17,19);2*1H. The summed E-state index contributed by atoms with van der Waals surface area (Å²) in [6, 6.07) is 6.25. The molecule has 4 nitrogen and oxygen atoms in total. The van der Waals surface area contributed by atoms with E-state index in [0.717, 1.165) is 36.2 Å². The van der Waals surface area contributed by atoms with Gasteiger partial charge in [0.05, 0.1) is 0 Å². The lowest BCUT2D eigenvalue weighted by molar-refractivity contribution is 0.0942. The van der Waals surface area contributed by atoms with E-state index < -0.39 is 0 Å². The van der Waals surface area contributed by atoms with Crippen molar-refractivity contribution in [3.8, 4) is 0 Å². The number of carbonyl (C=O) groups is 1. The van der Waals surface area contributed by atoms with Crippen molar-refractivity contribution in [2.24, 2.45) is 0 Å². The van der Waals surface area contributed by atoms with Gasteiger partial charge in [0.2, 0.25) is 0 Å². The third-order valence-corrected chi connectivity index (χ3v) is 3.78. The fourth-order valence-electron chi connectivity index (χ4n) is 2.24. The molecule has 0 aliphatic carbocycles. The maximum Gasteiger partial charge on any atom is 0.251 e. The van der Waals surface area contributed by atoms with Crippen LogP contribution in [0.5, 0.6) is 0 Å². The molecule has 0 aromatic heterocycles. The smallest absolute Gasteiger partial charge is 0.251 e. The minimum atomic E-state index is 0. The average Bonchev–Trinajstić information content (AvgIpc) is 2.43. The Morgan fingerprint density at radius 3 is 2.76 bits per heavy atom. The monoisotopic (exact) mass is 333 g/mol. The van der Waals surface area contributed by atoms with Crippen molar-refractivity contribution in [1.29, 1.82) is 0 Å². The van der Waals surface area contributed by atoms with Crippen LogP contribution < -0.4 is 10.6 Å². The molecular formula is C15H25Cl2N3O. The highest BCUT2D eigenvalue weighted by molar-refractivity contribution is 5.97. The molecule has 2 N–H and O–H groups in total. The Kier molecular flexibility index (Phi) is 8.71. The molecule has 0 bridgehead atoms. The molecule has 1 aliphatic rings. The molecular weight excluding hydrogens is 309 g/mol. The van der Waals surface area contributed by atoms with E-state index in [2.05, 4.69) is 22.5 Å². The topological polar surface area (TPSA) is 44.4 Å². The van der Waals surface area contributed by atoms with E-state index in [1.54, 1.807) is 0 Å². The molecule has 1 aromatic rings. The maximum absolute atomic E-state index is 12.3. The number of rotatable bonds is 4. The molecule has 2 rings (SSSR count). The first kappa shape index (κ1) is 20.0. The van der Waals surface area contributed by atoms with E-state index in [4.69, 9.17) is 0 Å². The molecule has 0 radical (unpaired) electrons. The van der Waals surface area contributed by atoms with Gasteiger partial charge in [-0.1, -0.05) is 6.07 Å². The van der Waals surface area contributed by atoms with E-state index in [0.29, 0.717) is 12.6 Å². The number of hydrogen-bond donors (Lipinski definition) is 2. The first-order chi connectivity index (χ1) is 9.09. The van der Waals surface area contributed by atoms with Gasteiger partial charge in [-0.2, -0.15) is 0 Å². The van der Waals surface area contributed by atoms with E-state index in [9.17, 15) is 4.79 Å². The normalized spacial score (nSPS) is 14.1. The van der Waals surface area contributed by atoms with Crippen LogP contribution in [0.3, 0.4) is 0 Å². The van der Waals surface area contributed by atoms with Gasteiger partial charge in [-0.15, -0.1) is 24.8 Å². The second-order valence-corrected chi connectivity index (χ2v) is 5.38. The van der Waals surface area contributed by atoms with Gasteiger partial charge in [0.1, 0.15) is 0 Å². The summed E-state index contributed by atoms with van der Waals surface area (Å²) in [7, 11) is 4.04. The lowest BCUT2D eigenvalue weighted by atomic mass is 9.97. The highest BCUT2D eigenvalue weighted by Gasteiger charge is 2.17. The molecule has 1 aliphatic heterocycles. The predicted octanol–water partition coefficient (Wildman–Crippen LogP) is 2.57. The van der Waals surface area contributed by atoms with Crippen molar-refractivity contribution in [2.45, 2.75) is 25.8 Å². The Balaban J connectivity index is 0.00000200. The fraction of sp³-hybridized carbons (Fsp3) is 0.533. The van der Waals surface area contributed by atoms with E-state index in [1.807, 2.05) is 32.3 Å². The van der Waals surface area contributed by atoms with Gasteiger partial charge in [0.25, 0.3) is 5.91 Å². The second-order valence-electron chi connectivity index (χ2n) is 5.38. The number of fused-ring (bicyclic) bond motifs is 1. The minimum Gasteiger partial charge on any atom is -0.385 e. The first-order valence-corrected chi connectivity index (χ1v) is 6.90. The molecule has 0 fully saturated rings. The maximum atomic E-state index is 12.3. The predicted molar refractivity (Wildman–Crippen MR) is 93.2 cm³/mol. The number of nitrogens with zero attached hydrogens (tertiary/aromatic N) is 1. The number of carbonyl (C=O) groups excluding carboxylic acids is 1. The number of halogens is 2. The molecule has 1 atom stereocenters. The molecule has 1 unspecified atom stereocenters. The van der Waals surface area contributed by atoms with Crippen molar-refractivity contribution in [3.05, 3.63) is 29.3 Å². The number of nitrogens with one attached hydrogen (secondary N) is 2. The highest BCUT2D eigenvalue weighted by Crippen LogP contribution is 2.25. The SMILES string of the molecule is CC(CNC(=O)c1cccc2c1CCCN2)N(C)C.Cl.Cl. The summed E-state index contributed by atoms with van der Waals surface area (Å²) in [4.78, 5) is 14.4. The van der Waals surface area contributed by atoms with Gasteiger partial charge >= 0.3 is 0 Å². The van der Waals surface area contributed by atoms with E-state index in [1.165, 1.54) is 0 Å². The van der Waals surface area contributed by atoms with Crippen LogP contribution in [0.25, 0.3) is 0 Å². The summed E-state index contributed by atoms with van der Waals surface area (Å²) >= 11 is 0. The lowest BCUT2D eigenvalue weighted by Gasteiger charge is -2.22. The van der Waals surface area contributed by atoms with Crippen molar-refractivity contribution >= 4 is 36.4 Å². The number of hydrogen-bond acceptors (Lipinski definition) is 3. The molecule has 1 aromatic carbocycles. The zero-order valence-corrected chi connectivity index (χ0v) is 14.4. The molecule has 120 valence electrons. The number of amides is 1. The zero-order valence-electron chi connectivity index (χ0n) is 12.8. The molecule has 1 heterocycles. The van der Waals surface area contributed by atoms with Crippen molar-refractivity contribution < 1.29 is 4.79 Å². The van der Waals surface area contributed by atoms with Gasteiger partial charge in [0, 0.05) is 30.4 Å². The van der Waals surface area contributed by atoms with Gasteiger partial charge < -0.3 is 15.5 Å². The number of likely N-dealkylation sites (N-methyl/N-ethyl adjacent to an activating group) is 1. The average molecular weight is 334 g/mol. The Morgan fingerprint density at radius 1 is 1.38 bits per heavy atom. The molecule has 1 amide bonds. The van der Waals surface area contributed by atoms with Crippen LogP contribution in [-0.4, -0.2) is 44.0 Å². The summed E-state index contributed by atoms with van der Waals surface area (Å²) in [6.07, 6.45) is 2.07.